The molecule has 152 valence electrons. The lowest BCUT2D eigenvalue weighted by molar-refractivity contribution is -0.127. The van der Waals surface area contributed by atoms with Crippen LogP contribution >= 0.6 is 12.4 Å². The van der Waals surface area contributed by atoms with Crippen LogP contribution in [-0.4, -0.2) is 26.2 Å². The lowest BCUT2D eigenvalue weighted by Gasteiger charge is -2.27. The predicted molar refractivity (Wildman–Crippen MR) is 117 cm³/mol. The maximum absolute atomic E-state index is 12.9. The Morgan fingerprint density at radius 3 is 2.72 bits per heavy atom. The summed E-state index contributed by atoms with van der Waals surface area (Å²) in [5.74, 6) is 1.28. The van der Waals surface area contributed by atoms with Gasteiger partial charge in [0, 0.05) is 6.54 Å². The molecule has 1 aliphatic heterocycles. The van der Waals surface area contributed by atoms with Crippen molar-refractivity contribution < 1.29 is 14.3 Å². The number of ether oxygens (including phenoxy) is 2. The number of carbonyl (C=O) groups is 1. The molecule has 4 rings (SSSR count). The van der Waals surface area contributed by atoms with Crippen LogP contribution in [0.2, 0.25) is 0 Å². The van der Waals surface area contributed by atoms with Gasteiger partial charge in [-0.1, -0.05) is 36.4 Å². The highest BCUT2D eigenvalue weighted by molar-refractivity contribution is 5.85. The molecule has 3 aromatic carbocycles. The van der Waals surface area contributed by atoms with E-state index >= 15 is 0 Å². The monoisotopic (exact) mass is 412 g/mol. The standard InChI is InChI=1S/C23H24N2O3.ClH/c1-27-20-8-9-22-18(12-20)11-19(14-28-22)23(26)25-21(13-24)17-7-6-15-4-2-3-5-16(15)10-17;/h2-10,12,19,21H,11,13-14,24H2,1H3,(H,25,26);1H. The van der Waals surface area contributed by atoms with Gasteiger partial charge in [-0.05, 0) is 52.6 Å². The molecule has 0 saturated heterocycles. The third-order valence-electron chi connectivity index (χ3n) is 5.27. The van der Waals surface area contributed by atoms with Crippen LogP contribution in [0.25, 0.3) is 10.8 Å². The fourth-order valence-corrected chi connectivity index (χ4v) is 3.66. The molecule has 1 aliphatic rings. The fraction of sp³-hybridized carbons (Fsp3) is 0.261. The number of methoxy groups -OCH3 is 1. The first kappa shape index (κ1) is 21.0. The third kappa shape index (κ3) is 4.47. The molecule has 3 N–H and O–H groups in total. The Bertz CT molecular complexity index is 1010. The second-order valence-corrected chi connectivity index (χ2v) is 7.09. The Morgan fingerprint density at radius 2 is 1.97 bits per heavy atom. The Morgan fingerprint density at radius 1 is 1.17 bits per heavy atom. The molecule has 6 heteroatoms. The number of amides is 1. The Balaban J connectivity index is 0.00000240. The Hall–Kier alpha value is -2.76. The van der Waals surface area contributed by atoms with Crippen LogP contribution in [0, 0.1) is 5.92 Å². The van der Waals surface area contributed by atoms with E-state index < -0.39 is 0 Å². The molecular formula is C23H25ClN2O3. The molecule has 0 radical (unpaired) electrons. The van der Waals surface area contributed by atoms with Crippen molar-refractivity contribution in [1.29, 1.82) is 0 Å². The van der Waals surface area contributed by atoms with Gasteiger partial charge in [0.25, 0.3) is 0 Å². The van der Waals surface area contributed by atoms with Gasteiger partial charge >= 0.3 is 0 Å². The first-order valence-electron chi connectivity index (χ1n) is 9.47. The smallest absolute Gasteiger partial charge is 0.227 e. The lowest BCUT2D eigenvalue weighted by Crippen LogP contribution is -2.41. The summed E-state index contributed by atoms with van der Waals surface area (Å²) in [6.45, 7) is 0.697. The number of nitrogens with two attached hydrogens (primary N) is 1. The topological polar surface area (TPSA) is 73.6 Å². The molecule has 0 bridgehead atoms. The maximum atomic E-state index is 12.9. The number of nitrogens with one attached hydrogen (secondary N) is 1. The summed E-state index contributed by atoms with van der Waals surface area (Å²) >= 11 is 0. The molecule has 0 spiro atoms. The largest absolute Gasteiger partial charge is 0.497 e. The van der Waals surface area contributed by atoms with Crippen LogP contribution in [0.15, 0.2) is 60.7 Å². The Labute approximate surface area is 176 Å². The minimum absolute atomic E-state index is 0. The molecule has 0 saturated carbocycles. The molecule has 1 heterocycles. The second kappa shape index (κ2) is 9.16. The van der Waals surface area contributed by atoms with Gasteiger partial charge < -0.3 is 20.5 Å². The van der Waals surface area contributed by atoms with Crippen molar-refractivity contribution in [3.63, 3.8) is 0 Å². The van der Waals surface area contributed by atoms with Crippen LogP contribution in [0.4, 0.5) is 0 Å². The highest BCUT2D eigenvalue weighted by Gasteiger charge is 2.28. The average Bonchev–Trinajstić information content (AvgIpc) is 2.76. The maximum Gasteiger partial charge on any atom is 0.227 e. The van der Waals surface area contributed by atoms with Crippen molar-refractivity contribution in [3.8, 4) is 11.5 Å². The zero-order valence-corrected chi connectivity index (χ0v) is 17.1. The summed E-state index contributed by atoms with van der Waals surface area (Å²) in [4.78, 5) is 12.9. The van der Waals surface area contributed by atoms with E-state index in [4.69, 9.17) is 15.2 Å². The van der Waals surface area contributed by atoms with Crippen molar-refractivity contribution in [2.75, 3.05) is 20.3 Å². The van der Waals surface area contributed by atoms with E-state index in [9.17, 15) is 4.79 Å². The van der Waals surface area contributed by atoms with Gasteiger partial charge in [-0.25, -0.2) is 0 Å². The summed E-state index contributed by atoms with van der Waals surface area (Å²) in [5, 5.41) is 5.40. The van der Waals surface area contributed by atoms with Gasteiger partial charge in [0.05, 0.1) is 19.1 Å². The number of halogens is 1. The predicted octanol–water partition coefficient (Wildman–Crippen LogP) is 3.64. The highest BCUT2D eigenvalue weighted by Crippen LogP contribution is 2.31. The van der Waals surface area contributed by atoms with E-state index in [1.54, 1.807) is 7.11 Å². The quantitative estimate of drug-likeness (QED) is 0.671. The number of hydrogen-bond acceptors (Lipinski definition) is 4. The number of carbonyl (C=O) groups excluding carboxylic acids is 1. The van der Waals surface area contributed by atoms with E-state index in [0.717, 1.165) is 28.0 Å². The summed E-state index contributed by atoms with van der Waals surface area (Å²) in [5.41, 5.74) is 7.97. The zero-order valence-electron chi connectivity index (χ0n) is 16.3. The van der Waals surface area contributed by atoms with Crippen molar-refractivity contribution in [1.82, 2.24) is 5.32 Å². The fourth-order valence-electron chi connectivity index (χ4n) is 3.66. The van der Waals surface area contributed by atoms with E-state index in [2.05, 4.69) is 29.6 Å². The molecule has 2 unspecified atom stereocenters. The average molecular weight is 413 g/mol. The summed E-state index contributed by atoms with van der Waals surface area (Å²) in [6.07, 6.45) is 0.618. The van der Waals surface area contributed by atoms with Crippen molar-refractivity contribution in [2.45, 2.75) is 12.5 Å². The lowest BCUT2D eigenvalue weighted by atomic mass is 9.94. The molecule has 3 aromatic rings. The van der Waals surface area contributed by atoms with Crippen molar-refractivity contribution in [2.24, 2.45) is 11.7 Å². The second-order valence-electron chi connectivity index (χ2n) is 7.09. The molecule has 0 aliphatic carbocycles. The normalized spacial score (nSPS) is 16.1. The van der Waals surface area contributed by atoms with E-state index in [-0.39, 0.29) is 30.3 Å². The first-order valence-corrected chi connectivity index (χ1v) is 9.47. The highest BCUT2D eigenvalue weighted by atomic mass is 35.5. The molecule has 29 heavy (non-hydrogen) atoms. The van der Waals surface area contributed by atoms with Crippen LogP contribution in [0.1, 0.15) is 17.2 Å². The van der Waals surface area contributed by atoms with E-state index in [0.29, 0.717) is 19.6 Å². The number of benzene rings is 3. The molecule has 5 nitrogen and oxygen atoms in total. The van der Waals surface area contributed by atoms with Crippen molar-refractivity contribution in [3.05, 3.63) is 71.8 Å². The third-order valence-corrected chi connectivity index (χ3v) is 5.27. The number of rotatable bonds is 5. The summed E-state index contributed by atoms with van der Waals surface area (Å²) in [7, 11) is 1.63. The van der Waals surface area contributed by atoms with E-state index in [1.165, 1.54) is 5.39 Å². The number of hydrogen-bond donors (Lipinski definition) is 2. The van der Waals surface area contributed by atoms with Crippen LogP contribution < -0.4 is 20.5 Å². The summed E-state index contributed by atoms with van der Waals surface area (Å²) in [6, 6.07) is 19.8. The van der Waals surface area contributed by atoms with E-state index in [1.807, 2.05) is 36.4 Å². The van der Waals surface area contributed by atoms with Gasteiger partial charge in [0.2, 0.25) is 5.91 Å². The zero-order chi connectivity index (χ0) is 19.5. The molecule has 0 aromatic heterocycles. The van der Waals surface area contributed by atoms with Gasteiger partial charge in [-0.2, -0.15) is 0 Å². The van der Waals surface area contributed by atoms with Crippen molar-refractivity contribution >= 4 is 29.1 Å². The first-order chi connectivity index (χ1) is 13.7. The van der Waals surface area contributed by atoms with Crippen LogP contribution in [-0.2, 0) is 11.2 Å². The number of fused-ring (bicyclic) bond motifs is 2. The van der Waals surface area contributed by atoms with Gasteiger partial charge in [-0.3, -0.25) is 4.79 Å². The Kier molecular flexibility index (Phi) is 6.62. The van der Waals surface area contributed by atoms with Gasteiger partial charge in [0.15, 0.2) is 0 Å². The summed E-state index contributed by atoms with van der Waals surface area (Å²) < 4.78 is 11.1. The molecule has 0 fully saturated rings. The van der Waals surface area contributed by atoms with Gasteiger partial charge in [-0.15, -0.1) is 12.4 Å². The molecule has 1 amide bonds. The minimum atomic E-state index is -0.255. The minimum Gasteiger partial charge on any atom is -0.497 e. The van der Waals surface area contributed by atoms with Gasteiger partial charge in [0.1, 0.15) is 18.1 Å². The van der Waals surface area contributed by atoms with Crippen LogP contribution in [0.5, 0.6) is 11.5 Å². The SMILES string of the molecule is COc1ccc2c(c1)CC(C(=O)NC(CN)c1ccc3ccccc3c1)CO2.Cl. The van der Waals surface area contributed by atoms with Crippen LogP contribution in [0.3, 0.4) is 0 Å². The molecule has 2 atom stereocenters. The molecular weight excluding hydrogens is 388 g/mol.